The minimum absolute atomic E-state index is 0.0855. The van der Waals surface area contributed by atoms with E-state index in [1.807, 2.05) is 24.0 Å². The summed E-state index contributed by atoms with van der Waals surface area (Å²) in [5.74, 6) is 0.607. The van der Waals surface area contributed by atoms with Crippen LogP contribution in [0.2, 0.25) is 10.0 Å². The number of carbonyl (C=O) groups is 1. The smallest absolute Gasteiger partial charge is 0.226 e. The number of nitrogens with zero attached hydrogens (tertiary/aromatic N) is 1. The fourth-order valence-corrected chi connectivity index (χ4v) is 3.88. The lowest BCUT2D eigenvalue weighted by Crippen LogP contribution is -2.41. The predicted molar refractivity (Wildman–Crippen MR) is 88.5 cm³/mol. The molecule has 1 heterocycles. The van der Waals surface area contributed by atoms with Crippen molar-refractivity contribution in [1.82, 2.24) is 4.90 Å². The highest BCUT2D eigenvalue weighted by Crippen LogP contribution is 2.51. The van der Waals surface area contributed by atoms with Crippen LogP contribution >= 0.6 is 23.2 Å². The van der Waals surface area contributed by atoms with Gasteiger partial charge in [-0.15, -0.1) is 0 Å². The van der Waals surface area contributed by atoms with Gasteiger partial charge in [0.2, 0.25) is 5.91 Å². The highest BCUT2D eigenvalue weighted by atomic mass is 35.5. The maximum atomic E-state index is 12.6. The fourth-order valence-electron chi connectivity index (χ4n) is 3.33. The molecule has 1 aromatic carbocycles. The molecule has 0 radical (unpaired) electrons. The molecule has 0 bridgehead atoms. The largest absolute Gasteiger partial charge is 0.378 e. The third-order valence-corrected chi connectivity index (χ3v) is 5.19. The van der Waals surface area contributed by atoms with Crippen molar-refractivity contribution in [2.45, 2.75) is 38.2 Å². The van der Waals surface area contributed by atoms with Gasteiger partial charge in [0.15, 0.2) is 0 Å². The van der Waals surface area contributed by atoms with E-state index < -0.39 is 0 Å². The summed E-state index contributed by atoms with van der Waals surface area (Å²) in [6.07, 6.45) is 3.10. The Morgan fingerprint density at radius 3 is 2.68 bits per heavy atom. The first-order valence-corrected chi connectivity index (χ1v) is 8.71. The first kappa shape index (κ1) is 16.1. The second-order valence-corrected chi connectivity index (χ2v) is 6.94. The summed E-state index contributed by atoms with van der Waals surface area (Å²) in [5.41, 5.74) is 1.05. The molecule has 1 saturated heterocycles. The fraction of sp³-hybridized carbons (Fsp3) is 0.588. The van der Waals surface area contributed by atoms with E-state index >= 15 is 0 Å². The third kappa shape index (κ3) is 3.42. The molecule has 3 nitrogen and oxygen atoms in total. The average Bonchev–Trinajstić information content (AvgIpc) is 3.28. The molecule has 22 heavy (non-hydrogen) atoms. The summed E-state index contributed by atoms with van der Waals surface area (Å²) in [6, 6.07) is 5.55. The Morgan fingerprint density at radius 1 is 1.32 bits per heavy atom. The Hall–Kier alpha value is -0.770. The van der Waals surface area contributed by atoms with E-state index in [9.17, 15) is 4.79 Å². The normalized spacial score (nSPS) is 25.3. The maximum Gasteiger partial charge on any atom is 0.226 e. The zero-order chi connectivity index (χ0) is 15.7. The van der Waals surface area contributed by atoms with Crippen LogP contribution in [0.25, 0.3) is 0 Å². The topological polar surface area (TPSA) is 29.5 Å². The number of rotatable bonds is 4. The van der Waals surface area contributed by atoms with Crippen LogP contribution < -0.4 is 0 Å². The van der Waals surface area contributed by atoms with Crippen molar-refractivity contribution in [2.24, 2.45) is 5.92 Å². The van der Waals surface area contributed by atoms with Gasteiger partial charge in [0.25, 0.3) is 0 Å². The van der Waals surface area contributed by atoms with E-state index in [1.54, 1.807) is 6.07 Å². The van der Waals surface area contributed by atoms with Crippen molar-refractivity contribution in [1.29, 1.82) is 0 Å². The van der Waals surface area contributed by atoms with Crippen LogP contribution in [0.15, 0.2) is 18.2 Å². The van der Waals surface area contributed by atoms with Gasteiger partial charge in [0.05, 0.1) is 6.10 Å². The number of hydrogen-bond acceptors (Lipinski definition) is 2. The molecule has 3 rings (SSSR count). The molecule has 0 unspecified atom stereocenters. The molecular formula is C17H21Cl2NO2. The highest BCUT2D eigenvalue weighted by Gasteiger charge is 2.46. The molecular weight excluding hydrogens is 321 g/mol. The van der Waals surface area contributed by atoms with E-state index in [2.05, 4.69) is 0 Å². The van der Waals surface area contributed by atoms with Crippen LogP contribution in [-0.2, 0) is 9.53 Å². The zero-order valence-corrected chi connectivity index (χ0v) is 14.2. The van der Waals surface area contributed by atoms with E-state index in [0.29, 0.717) is 16.1 Å². The molecule has 2 atom stereocenters. The Balaban J connectivity index is 1.57. The van der Waals surface area contributed by atoms with Gasteiger partial charge in [-0.25, -0.2) is 0 Å². The minimum atomic E-state index is 0.0855. The molecule has 1 saturated carbocycles. The highest BCUT2D eigenvalue weighted by molar-refractivity contribution is 6.35. The lowest BCUT2D eigenvalue weighted by Gasteiger charge is -2.32. The van der Waals surface area contributed by atoms with Crippen molar-refractivity contribution in [2.75, 3.05) is 19.7 Å². The number of hydrogen-bond donors (Lipinski definition) is 0. The zero-order valence-electron chi connectivity index (χ0n) is 12.7. The number of amides is 1. The maximum absolute atomic E-state index is 12.6. The molecule has 120 valence electrons. The second-order valence-electron chi connectivity index (χ2n) is 6.09. The summed E-state index contributed by atoms with van der Waals surface area (Å²) in [7, 11) is 0. The van der Waals surface area contributed by atoms with Crippen LogP contribution in [-0.4, -0.2) is 36.6 Å². The third-order valence-electron chi connectivity index (χ3n) is 4.63. The lowest BCUT2D eigenvalue weighted by atomic mass is 10.1. The van der Waals surface area contributed by atoms with Crippen LogP contribution in [0.5, 0.6) is 0 Å². The van der Waals surface area contributed by atoms with E-state index in [4.69, 9.17) is 27.9 Å². The van der Waals surface area contributed by atoms with Crippen molar-refractivity contribution in [3.63, 3.8) is 0 Å². The number of carbonyl (C=O) groups excluding carboxylic acids is 1. The molecule has 1 aliphatic carbocycles. The van der Waals surface area contributed by atoms with E-state index in [1.165, 1.54) is 0 Å². The Bertz CT molecular complexity index is 556. The average molecular weight is 342 g/mol. The molecule has 2 fully saturated rings. The molecule has 5 heteroatoms. The number of ether oxygens (including phenoxy) is 1. The number of likely N-dealkylation sites (tertiary alicyclic amines) is 1. The van der Waals surface area contributed by atoms with Crippen LogP contribution in [0.4, 0.5) is 0 Å². The van der Waals surface area contributed by atoms with E-state index in [-0.39, 0.29) is 17.7 Å². The summed E-state index contributed by atoms with van der Waals surface area (Å²) < 4.78 is 5.64. The quantitative estimate of drug-likeness (QED) is 0.824. The minimum Gasteiger partial charge on any atom is -0.378 e. The number of piperidine rings is 1. The monoisotopic (exact) mass is 341 g/mol. The molecule has 1 aliphatic heterocycles. The molecule has 1 amide bonds. The van der Waals surface area contributed by atoms with Gasteiger partial charge in [0, 0.05) is 35.7 Å². The van der Waals surface area contributed by atoms with Gasteiger partial charge in [-0.2, -0.15) is 0 Å². The molecule has 0 spiro atoms. The lowest BCUT2D eigenvalue weighted by molar-refractivity contribution is -0.135. The van der Waals surface area contributed by atoms with E-state index in [0.717, 1.165) is 44.5 Å². The predicted octanol–water partition coefficient (Wildman–Crippen LogP) is 4.12. The standard InChI is InChI=1S/C17H21Cl2NO2/c1-2-22-12-5-7-20(8-6-12)17(21)15-10-14(15)13-4-3-11(18)9-16(13)19/h3-4,9,12,14-15H,2,5-8,10H2,1H3/t14-,15+/m0/s1. The van der Waals surface area contributed by atoms with Gasteiger partial charge < -0.3 is 9.64 Å². The SMILES string of the molecule is CCOC1CCN(C(=O)[C@@H]2C[C@H]2c2ccc(Cl)cc2Cl)CC1. The summed E-state index contributed by atoms with van der Waals surface area (Å²) in [5, 5.41) is 1.30. The second kappa shape index (κ2) is 6.77. The molecule has 0 N–H and O–H groups in total. The molecule has 1 aromatic rings. The van der Waals surface area contributed by atoms with Gasteiger partial charge in [-0.1, -0.05) is 29.3 Å². The summed E-state index contributed by atoms with van der Waals surface area (Å²) in [6.45, 7) is 4.38. The first-order valence-electron chi connectivity index (χ1n) is 7.95. The summed E-state index contributed by atoms with van der Waals surface area (Å²) in [4.78, 5) is 14.6. The Labute approximate surface area is 141 Å². The first-order chi connectivity index (χ1) is 10.6. The van der Waals surface area contributed by atoms with Gasteiger partial charge in [-0.05, 0) is 49.8 Å². The Kier molecular flexibility index (Phi) is 4.96. The number of halogens is 2. The van der Waals surface area contributed by atoms with Crippen LogP contribution in [0, 0.1) is 5.92 Å². The van der Waals surface area contributed by atoms with Gasteiger partial charge in [0.1, 0.15) is 0 Å². The van der Waals surface area contributed by atoms with Gasteiger partial charge in [-0.3, -0.25) is 4.79 Å². The molecule has 0 aromatic heterocycles. The van der Waals surface area contributed by atoms with Crippen LogP contribution in [0.3, 0.4) is 0 Å². The van der Waals surface area contributed by atoms with Crippen molar-refractivity contribution < 1.29 is 9.53 Å². The van der Waals surface area contributed by atoms with Crippen molar-refractivity contribution >= 4 is 29.1 Å². The summed E-state index contributed by atoms with van der Waals surface area (Å²) >= 11 is 12.2. The van der Waals surface area contributed by atoms with Crippen molar-refractivity contribution in [3.8, 4) is 0 Å². The number of benzene rings is 1. The van der Waals surface area contributed by atoms with Crippen molar-refractivity contribution in [3.05, 3.63) is 33.8 Å². The van der Waals surface area contributed by atoms with Gasteiger partial charge >= 0.3 is 0 Å². The Morgan fingerprint density at radius 2 is 2.05 bits per heavy atom. The molecule has 2 aliphatic rings. The van der Waals surface area contributed by atoms with Crippen LogP contribution in [0.1, 0.15) is 37.7 Å².